The number of hydrogen-bond acceptors (Lipinski definition) is 4. The Balaban J connectivity index is 1.59. The number of aryl methyl sites for hydroxylation is 1. The highest BCUT2D eigenvalue weighted by molar-refractivity contribution is 5.67. The van der Waals surface area contributed by atoms with E-state index >= 15 is 0 Å². The number of rotatable bonds is 6. The standard InChI is InChI=1S/C22H38N4O2/c1-17-18-15-23-14-9-19(18)26(25-17)16-22(10-6-5-7-11-22)12-8-13-24-20(27)28-21(2,3)4/h23H,5-16H2,1-4H3,(H,24,27). The monoisotopic (exact) mass is 390 g/mol. The maximum atomic E-state index is 11.9. The summed E-state index contributed by atoms with van der Waals surface area (Å²) in [7, 11) is 0. The third-order valence-corrected chi connectivity index (χ3v) is 6.16. The normalized spacial score (nSPS) is 19.1. The van der Waals surface area contributed by atoms with E-state index in [4.69, 9.17) is 9.84 Å². The van der Waals surface area contributed by atoms with Crippen molar-refractivity contribution in [2.75, 3.05) is 13.1 Å². The molecule has 28 heavy (non-hydrogen) atoms. The first-order valence-electron chi connectivity index (χ1n) is 11.0. The van der Waals surface area contributed by atoms with Gasteiger partial charge in [-0.25, -0.2) is 4.79 Å². The molecule has 0 bridgehead atoms. The summed E-state index contributed by atoms with van der Waals surface area (Å²) in [5.74, 6) is 0. The molecular weight excluding hydrogens is 352 g/mol. The molecule has 6 nitrogen and oxygen atoms in total. The fourth-order valence-electron chi connectivity index (χ4n) is 4.80. The lowest BCUT2D eigenvalue weighted by molar-refractivity contribution is 0.0521. The molecule has 1 fully saturated rings. The van der Waals surface area contributed by atoms with Crippen molar-refractivity contribution in [2.45, 2.75) is 97.8 Å². The number of alkyl carbamates (subject to hydrolysis) is 1. The summed E-state index contributed by atoms with van der Waals surface area (Å²) in [5, 5.41) is 11.3. The molecule has 2 N–H and O–H groups in total. The second-order valence-electron chi connectivity index (χ2n) is 9.69. The topological polar surface area (TPSA) is 68.2 Å². The van der Waals surface area contributed by atoms with Crippen molar-refractivity contribution in [3.05, 3.63) is 17.0 Å². The van der Waals surface area contributed by atoms with Crippen molar-refractivity contribution in [3.63, 3.8) is 0 Å². The van der Waals surface area contributed by atoms with Crippen molar-refractivity contribution in [1.29, 1.82) is 0 Å². The molecule has 1 saturated carbocycles. The van der Waals surface area contributed by atoms with Crippen molar-refractivity contribution in [3.8, 4) is 0 Å². The van der Waals surface area contributed by atoms with Gasteiger partial charge in [0.25, 0.3) is 0 Å². The summed E-state index contributed by atoms with van der Waals surface area (Å²) in [6, 6.07) is 0. The Morgan fingerprint density at radius 3 is 2.75 bits per heavy atom. The molecule has 0 spiro atoms. The second kappa shape index (κ2) is 8.85. The maximum Gasteiger partial charge on any atom is 0.407 e. The van der Waals surface area contributed by atoms with Crippen molar-refractivity contribution >= 4 is 6.09 Å². The molecule has 1 aliphatic heterocycles. The van der Waals surface area contributed by atoms with Crippen molar-refractivity contribution in [2.24, 2.45) is 5.41 Å². The van der Waals surface area contributed by atoms with E-state index in [0.29, 0.717) is 12.0 Å². The third-order valence-electron chi connectivity index (χ3n) is 6.16. The molecule has 0 saturated heterocycles. The Morgan fingerprint density at radius 2 is 2.04 bits per heavy atom. The van der Waals surface area contributed by atoms with Gasteiger partial charge in [0.15, 0.2) is 0 Å². The lowest BCUT2D eigenvalue weighted by Crippen LogP contribution is -2.35. The average molecular weight is 391 g/mol. The number of carbonyl (C=O) groups excluding carboxylic acids is 1. The van der Waals surface area contributed by atoms with Gasteiger partial charge in [-0.2, -0.15) is 5.10 Å². The number of ether oxygens (including phenoxy) is 1. The van der Waals surface area contributed by atoms with Gasteiger partial charge in [0.1, 0.15) is 5.60 Å². The zero-order valence-corrected chi connectivity index (χ0v) is 18.2. The average Bonchev–Trinajstić information content (AvgIpc) is 2.94. The van der Waals surface area contributed by atoms with E-state index in [1.54, 1.807) is 0 Å². The minimum Gasteiger partial charge on any atom is -0.444 e. The number of nitrogens with zero attached hydrogens (tertiary/aromatic N) is 2. The zero-order chi connectivity index (χ0) is 20.2. The zero-order valence-electron chi connectivity index (χ0n) is 18.2. The van der Waals surface area contributed by atoms with Gasteiger partial charge < -0.3 is 15.4 Å². The van der Waals surface area contributed by atoms with Gasteiger partial charge in [-0.1, -0.05) is 19.3 Å². The Bertz CT molecular complexity index is 669. The largest absolute Gasteiger partial charge is 0.444 e. The fraction of sp³-hybridized carbons (Fsp3) is 0.818. The van der Waals surface area contributed by atoms with Gasteiger partial charge in [0.05, 0.1) is 5.69 Å². The predicted octanol–water partition coefficient (Wildman–Crippen LogP) is 4.09. The number of carbonyl (C=O) groups is 1. The molecular formula is C22H38N4O2. The SMILES string of the molecule is Cc1nn(CC2(CCCNC(=O)OC(C)(C)C)CCCCC2)c2c1CNCC2. The third kappa shape index (κ3) is 5.49. The number of aromatic nitrogens is 2. The first kappa shape index (κ1) is 21.2. The summed E-state index contributed by atoms with van der Waals surface area (Å²) in [6.07, 6.45) is 9.39. The fourth-order valence-corrected chi connectivity index (χ4v) is 4.80. The Labute approximate surface area is 169 Å². The van der Waals surface area contributed by atoms with Gasteiger partial charge in [-0.15, -0.1) is 0 Å². The quantitative estimate of drug-likeness (QED) is 0.718. The Morgan fingerprint density at radius 1 is 1.29 bits per heavy atom. The lowest BCUT2D eigenvalue weighted by atomic mass is 9.71. The highest BCUT2D eigenvalue weighted by Crippen LogP contribution is 2.42. The van der Waals surface area contributed by atoms with E-state index in [0.717, 1.165) is 38.9 Å². The van der Waals surface area contributed by atoms with E-state index in [9.17, 15) is 4.79 Å². The van der Waals surface area contributed by atoms with Crippen LogP contribution in [0.5, 0.6) is 0 Å². The number of amides is 1. The van der Waals surface area contributed by atoms with Crippen LogP contribution in [0.4, 0.5) is 4.79 Å². The number of hydrogen-bond donors (Lipinski definition) is 2. The van der Waals surface area contributed by atoms with Gasteiger partial charge in [0, 0.05) is 43.9 Å². The Kier molecular flexibility index (Phi) is 6.69. The molecule has 1 aromatic rings. The van der Waals surface area contributed by atoms with Crippen LogP contribution in [0.25, 0.3) is 0 Å². The summed E-state index contributed by atoms with van der Waals surface area (Å²) >= 11 is 0. The van der Waals surface area contributed by atoms with Gasteiger partial charge in [-0.3, -0.25) is 4.68 Å². The molecule has 1 amide bonds. The molecule has 1 aromatic heterocycles. The van der Waals surface area contributed by atoms with E-state index in [1.165, 1.54) is 49.1 Å². The highest BCUT2D eigenvalue weighted by atomic mass is 16.6. The molecule has 3 rings (SSSR count). The summed E-state index contributed by atoms with van der Waals surface area (Å²) < 4.78 is 7.66. The number of nitrogens with one attached hydrogen (secondary N) is 2. The number of fused-ring (bicyclic) bond motifs is 1. The highest BCUT2D eigenvalue weighted by Gasteiger charge is 2.34. The summed E-state index contributed by atoms with van der Waals surface area (Å²) in [4.78, 5) is 11.9. The molecule has 1 aliphatic carbocycles. The Hall–Kier alpha value is -1.56. The first-order valence-corrected chi connectivity index (χ1v) is 11.0. The minimum absolute atomic E-state index is 0.310. The smallest absolute Gasteiger partial charge is 0.407 e. The molecule has 2 heterocycles. The van der Waals surface area contributed by atoms with Crippen LogP contribution in [0.2, 0.25) is 0 Å². The van der Waals surface area contributed by atoms with Crippen LogP contribution in [-0.2, 0) is 24.2 Å². The van der Waals surface area contributed by atoms with Gasteiger partial charge in [-0.05, 0) is 58.8 Å². The van der Waals surface area contributed by atoms with E-state index < -0.39 is 5.60 Å². The maximum absolute atomic E-state index is 11.9. The van der Waals surface area contributed by atoms with Gasteiger partial charge in [0.2, 0.25) is 0 Å². The molecule has 0 unspecified atom stereocenters. The van der Waals surface area contributed by atoms with Gasteiger partial charge >= 0.3 is 6.09 Å². The first-order chi connectivity index (χ1) is 13.3. The van der Waals surface area contributed by atoms with E-state index in [2.05, 4.69) is 22.2 Å². The lowest BCUT2D eigenvalue weighted by Gasteiger charge is -2.38. The van der Waals surface area contributed by atoms with Crippen LogP contribution in [0.1, 0.15) is 82.7 Å². The van der Waals surface area contributed by atoms with Crippen molar-refractivity contribution in [1.82, 2.24) is 20.4 Å². The minimum atomic E-state index is -0.444. The predicted molar refractivity (Wildman–Crippen MR) is 111 cm³/mol. The van der Waals surface area contributed by atoms with Crippen LogP contribution in [0, 0.1) is 12.3 Å². The molecule has 0 atom stereocenters. The summed E-state index contributed by atoms with van der Waals surface area (Å²) in [6.45, 7) is 11.5. The van der Waals surface area contributed by atoms with Crippen molar-refractivity contribution < 1.29 is 9.53 Å². The van der Waals surface area contributed by atoms with Crippen LogP contribution in [-0.4, -0.2) is 34.6 Å². The van der Waals surface area contributed by atoms with Crippen LogP contribution < -0.4 is 10.6 Å². The molecule has 0 aromatic carbocycles. The summed E-state index contributed by atoms with van der Waals surface area (Å²) in [5.41, 5.74) is 3.89. The van der Waals surface area contributed by atoms with Crippen LogP contribution in [0.15, 0.2) is 0 Å². The van der Waals surface area contributed by atoms with E-state index in [-0.39, 0.29) is 6.09 Å². The molecule has 6 heteroatoms. The molecule has 2 aliphatic rings. The molecule has 158 valence electrons. The van der Waals surface area contributed by atoms with E-state index in [1.807, 2.05) is 20.8 Å². The van der Waals surface area contributed by atoms with Crippen LogP contribution in [0.3, 0.4) is 0 Å². The second-order valence-corrected chi connectivity index (χ2v) is 9.69. The molecule has 0 radical (unpaired) electrons. The van der Waals surface area contributed by atoms with Crippen LogP contribution >= 0.6 is 0 Å².